The van der Waals surface area contributed by atoms with Crippen molar-refractivity contribution in [3.8, 4) is 0 Å². The van der Waals surface area contributed by atoms with Crippen LogP contribution in [-0.4, -0.2) is 20.6 Å². The highest BCUT2D eigenvalue weighted by atomic mass is 32.2. The van der Waals surface area contributed by atoms with Crippen LogP contribution in [0.5, 0.6) is 0 Å². The summed E-state index contributed by atoms with van der Waals surface area (Å²) in [4.78, 5) is 13.4. The van der Waals surface area contributed by atoms with Gasteiger partial charge < -0.3 is 4.43 Å². The first-order valence-corrected chi connectivity index (χ1v) is 12.6. The smallest absolute Gasteiger partial charge is 0.273 e. The molecule has 0 amide bonds. The molecule has 2 nitrogen and oxygen atoms in total. The van der Waals surface area contributed by atoms with E-state index in [1.165, 1.54) is 11.1 Å². The lowest BCUT2D eigenvalue weighted by Crippen LogP contribution is -2.24. The Hall–Kier alpha value is -0.743. The predicted molar refractivity (Wildman–Crippen MR) is 113 cm³/mol. The molecule has 1 aliphatic carbocycles. The maximum atomic E-state index is 12.6. The van der Waals surface area contributed by atoms with Crippen LogP contribution in [0, 0.1) is 11.3 Å². The minimum Gasteiger partial charge on any atom is -0.544 e. The van der Waals surface area contributed by atoms with Gasteiger partial charge in [0.25, 0.3) is 9.04 Å². The third kappa shape index (κ3) is 7.57. The molecule has 1 rings (SSSR count). The zero-order chi connectivity index (χ0) is 19.2. The lowest BCUT2D eigenvalue weighted by molar-refractivity contribution is -0.115. The fraction of sp³-hybridized carbons (Fsp3) is 0.667. The van der Waals surface area contributed by atoms with E-state index >= 15 is 0 Å². The highest BCUT2D eigenvalue weighted by molar-refractivity contribution is 8.04. The van der Waals surface area contributed by atoms with Gasteiger partial charge in [-0.2, -0.15) is 0 Å². The molecule has 0 spiro atoms. The Morgan fingerprint density at radius 1 is 1.24 bits per heavy atom. The Balaban J connectivity index is 2.81. The molecular formula is C21H35O2SSi. The molecule has 0 aromatic rings. The van der Waals surface area contributed by atoms with Gasteiger partial charge >= 0.3 is 0 Å². The van der Waals surface area contributed by atoms with Crippen LogP contribution in [0.1, 0.15) is 60.8 Å². The summed E-state index contributed by atoms with van der Waals surface area (Å²) >= 11 is 1.66. The van der Waals surface area contributed by atoms with Crippen LogP contribution in [-0.2, 0) is 9.22 Å². The van der Waals surface area contributed by atoms with Gasteiger partial charge in [0.1, 0.15) is 5.76 Å². The standard InChI is InChI=1S/C21H35O2SSi/c1-15(2)10-9-11-16(3)12-13-24-20-18(22)14-17(21(4,5)6)19(20)23-25(7)8/h10,12,17H,9,11,13-14H2,1-8H3/b16-12+. The van der Waals surface area contributed by atoms with Crippen LogP contribution in [0.2, 0.25) is 13.1 Å². The molecule has 1 unspecified atom stereocenters. The van der Waals surface area contributed by atoms with Crippen LogP contribution in [0.3, 0.4) is 0 Å². The Kier molecular flexibility index (Phi) is 8.76. The molecule has 0 aromatic carbocycles. The predicted octanol–water partition coefficient (Wildman–Crippen LogP) is 6.53. The zero-order valence-corrected chi connectivity index (χ0v) is 19.1. The summed E-state index contributed by atoms with van der Waals surface area (Å²) in [5.41, 5.74) is 2.82. The van der Waals surface area contributed by atoms with E-state index in [0.29, 0.717) is 6.42 Å². The Bertz CT molecular complexity index is 561. The monoisotopic (exact) mass is 379 g/mol. The summed E-state index contributed by atoms with van der Waals surface area (Å²) in [6.07, 6.45) is 7.31. The van der Waals surface area contributed by atoms with E-state index in [1.807, 2.05) is 0 Å². The molecule has 1 radical (unpaired) electrons. The minimum absolute atomic E-state index is 0.0563. The summed E-state index contributed by atoms with van der Waals surface area (Å²) in [6, 6.07) is 0. The normalized spacial score (nSPS) is 19.0. The number of carbonyl (C=O) groups is 1. The summed E-state index contributed by atoms with van der Waals surface area (Å²) in [5.74, 6) is 2.29. The van der Waals surface area contributed by atoms with Crippen LogP contribution in [0.4, 0.5) is 0 Å². The Morgan fingerprint density at radius 3 is 2.40 bits per heavy atom. The SMILES string of the molecule is CC(C)=CCC/C(C)=C/CSC1=C(O[Si](C)C)C(C(C)(C)C)CC1=O. The second kappa shape index (κ2) is 9.82. The van der Waals surface area contributed by atoms with Gasteiger partial charge in [-0.25, -0.2) is 0 Å². The highest BCUT2D eigenvalue weighted by Crippen LogP contribution is 2.45. The fourth-order valence-corrected chi connectivity index (χ4v) is 4.68. The van der Waals surface area contributed by atoms with Crippen molar-refractivity contribution in [2.45, 2.75) is 73.9 Å². The molecule has 0 heterocycles. The number of carbonyl (C=O) groups excluding carboxylic acids is 1. The van der Waals surface area contributed by atoms with E-state index in [1.54, 1.807) is 11.8 Å². The topological polar surface area (TPSA) is 26.3 Å². The van der Waals surface area contributed by atoms with Crippen LogP contribution >= 0.6 is 11.8 Å². The quantitative estimate of drug-likeness (QED) is 0.354. The van der Waals surface area contributed by atoms with Crippen molar-refractivity contribution in [2.24, 2.45) is 11.3 Å². The third-order valence-corrected chi connectivity index (χ3v) is 5.97. The second-order valence-electron chi connectivity index (χ2n) is 8.43. The van der Waals surface area contributed by atoms with Gasteiger partial charge in [0, 0.05) is 18.1 Å². The number of thioether (sulfide) groups is 1. The fourth-order valence-electron chi connectivity index (χ4n) is 2.81. The summed E-state index contributed by atoms with van der Waals surface area (Å²) in [7, 11) is -0.871. The lowest BCUT2D eigenvalue weighted by Gasteiger charge is -2.29. The maximum absolute atomic E-state index is 12.6. The average molecular weight is 380 g/mol. The molecule has 25 heavy (non-hydrogen) atoms. The van der Waals surface area contributed by atoms with Gasteiger partial charge in [-0.3, -0.25) is 4.79 Å². The van der Waals surface area contributed by atoms with Crippen molar-refractivity contribution in [1.82, 2.24) is 0 Å². The zero-order valence-electron chi connectivity index (χ0n) is 17.3. The molecule has 0 saturated heterocycles. The highest BCUT2D eigenvalue weighted by Gasteiger charge is 2.40. The maximum Gasteiger partial charge on any atom is 0.273 e. The number of hydrogen-bond acceptors (Lipinski definition) is 3. The van der Waals surface area contributed by atoms with Gasteiger partial charge in [0.2, 0.25) is 0 Å². The lowest BCUT2D eigenvalue weighted by atomic mass is 9.79. The molecule has 1 atom stereocenters. The average Bonchev–Trinajstić information content (AvgIpc) is 2.75. The van der Waals surface area contributed by atoms with Gasteiger partial charge in [0.05, 0.1) is 4.91 Å². The van der Waals surface area contributed by atoms with Crippen molar-refractivity contribution in [2.75, 3.05) is 5.75 Å². The van der Waals surface area contributed by atoms with Crippen LogP contribution in [0.25, 0.3) is 0 Å². The van der Waals surface area contributed by atoms with Crippen LogP contribution in [0.15, 0.2) is 34.0 Å². The van der Waals surface area contributed by atoms with Crippen molar-refractivity contribution >= 4 is 26.6 Å². The van der Waals surface area contributed by atoms with Gasteiger partial charge in [-0.05, 0) is 52.1 Å². The molecule has 4 heteroatoms. The first kappa shape index (κ1) is 22.3. The van der Waals surface area contributed by atoms with Crippen molar-refractivity contribution in [3.63, 3.8) is 0 Å². The Labute approximate surface area is 160 Å². The summed E-state index contributed by atoms with van der Waals surface area (Å²) < 4.78 is 6.19. The summed E-state index contributed by atoms with van der Waals surface area (Å²) in [5, 5.41) is 0. The first-order chi connectivity index (χ1) is 11.5. The molecule has 0 aliphatic heterocycles. The summed E-state index contributed by atoms with van der Waals surface area (Å²) in [6.45, 7) is 17.3. The molecule has 0 bridgehead atoms. The van der Waals surface area contributed by atoms with Gasteiger partial charge in [0.15, 0.2) is 5.78 Å². The number of Topliss-reactive ketones (excluding diaryl/α,β-unsaturated/α-hetero) is 1. The van der Waals surface area contributed by atoms with E-state index in [-0.39, 0.29) is 17.1 Å². The van der Waals surface area contributed by atoms with Gasteiger partial charge in [-0.1, -0.05) is 44.1 Å². The molecule has 0 saturated carbocycles. The minimum atomic E-state index is -0.871. The second-order valence-corrected chi connectivity index (χ2v) is 11.5. The molecule has 0 aromatic heterocycles. The molecule has 1 aliphatic rings. The molecule has 0 N–H and O–H groups in total. The van der Waals surface area contributed by atoms with Gasteiger partial charge in [-0.15, -0.1) is 11.8 Å². The Morgan fingerprint density at radius 2 is 1.88 bits per heavy atom. The van der Waals surface area contributed by atoms with E-state index in [4.69, 9.17) is 4.43 Å². The van der Waals surface area contributed by atoms with Crippen molar-refractivity contribution < 1.29 is 9.22 Å². The largest absolute Gasteiger partial charge is 0.544 e. The van der Waals surface area contributed by atoms with E-state index in [2.05, 4.69) is 66.8 Å². The number of rotatable bonds is 8. The number of hydrogen-bond donors (Lipinski definition) is 0. The number of allylic oxidation sites excluding steroid dienone is 5. The van der Waals surface area contributed by atoms with Crippen molar-refractivity contribution in [1.29, 1.82) is 0 Å². The van der Waals surface area contributed by atoms with Crippen molar-refractivity contribution in [3.05, 3.63) is 34.0 Å². The van der Waals surface area contributed by atoms with E-state index < -0.39 is 9.04 Å². The first-order valence-electron chi connectivity index (χ1n) is 9.19. The molecule has 0 fully saturated rings. The number of ketones is 1. The third-order valence-electron chi connectivity index (χ3n) is 4.29. The van der Waals surface area contributed by atoms with E-state index in [9.17, 15) is 4.79 Å². The van der Waals surface area contributed by atoms with E-state index in [0.717, 1.165) is 29.3 Å². The van der Waals surface area contributed by atoms with Crippen LogP contribution < -0.4 is 0 Å². The molecule has 141 valence electrons. The molecular weight excluding hydrogens is 344 g/mol.